The van der Waals surface area contributed by atoms with Crippen LogP contribution in [-0.4, -0.2) is 46.4 Å². The third-order valence-corrected chi connectivity index (χ3v) is 7.11. The lowest BCUT2D eigenvalue weighted by molar-refractivity contribution is -0.117. The van der Waals surface area contributed by atoms with Gasteiger partial charge in [-0.3, -0.25) is 9.20 Å². The molecule has 1 saturated heterocycles. The van der Waals surface area contributed by atoms with E-state index in [1.54, 1.807) is 0 Å². The number of rotatable bonds is 6. The van der Waals surface area contributed by atoms with E-state index in [2.05, 4.69) is 49.9 Å². The van der Waals surface area contributed by atoms with Crippen molar-refractivity contribution in [3.8, 4) is 0 Å². The molecule has 0 unspecified atom stereocenters. The van der Waals surface area contributed by atoms with Gasteiger partial charge in [0.05, 0.1) is 21.8 Å². The van der Waals surface area contributed by atoms with Crippen molar-refractivity contribution in [3.63, 3.8) is 0 Å². The van der Waals surface area contributed by atoms with Crippen LogP contribution in [0, 0.1) is 5.92 Å². The van der Waals surface area contributed by atoms with Crippen molar-refractivity contribution in [2.45, 2.75) is 24.3 Å². The quantitative estimate of drug-likeness (QED) is 0.661. The zero-order chi connectivity index (χ0) is 20.3. The number of piperidine rings is 1. The van der Waals surface area contributed by atoms with E-state index in [9.17, 15) is 4.79 Å². The second kappa shape index (κ2) is 8.66. The van der Waals surface area contributed by atoms with Crippen LogP contribution >= 0.6 is 11.8 Å². The number of carbonyl (C=O) groups is 1. The van der Waals surface area contributed by atoms with Crippen LogP contribution in [0.4, 0.5) is 0 Å². The number of hydrogen-bond acceptors (Lipinski definition) is 4. The van der Waals surface area contributed by atoms with Gasteiger partial charge in [0.1, 0.15) is 5.65 Å². The molecule has 0 saturated carbocycles. The van der Waals surface area contributed by atoms with Gasteiger partial charge in [0.25, 0.3) is 5.91 Å². The molecule has 6 heteroatoms. The minimum Gasteiger partial charge on any atom is -0.351 e. The van der Waals surface area contributed by atoms with Crippen molar-refractivity contribution in [3.05, 3.63) is 70.9 Å². The zero-order valence-electron chi connectivity index (χ0n) is 17.0. The van der Waals surface area contributed by atoms with Gasteiger partial charge in [0.2, 0.25) is 0 Å². The minimum absolute atomic E-state index is 0.0240. The molecule has 1 aromatic carbocycles. The van der Waals surface area contributed by atoms with Gasteiger partial charge in [-0.15, -0.1) is 0 Å². The Hall–Kier alpha value is -2.57. The van der Waals surface area contributed by atoms with Crippen LogP contribution in [-0.2, 0) is 11.2 Å². The highest BCUT2D eigenvalue weighted by molar-refractivity contribution is 8.04. The number of thioether (sulfide) groups is 1. The molecule has 30 heavy (non-hydrogen) atoms. The van der Waals surface area contributed by atoms with E-state index in [0.29, 0.717) is 5.92 Å². The number of nitrogens with one attached hydrogen (secondary N) is 1. The maximum atomic E-state index is 12.8. The van der Waals surface area contributed by atoms with Crippen molar-refractivity contribution >= 4 is 29.4 Å². The Morgan fingerprint density at radius 1 is 1.10 bits per heavy atom. The lowest BCUT2D eigenvalue weighted by Gasteiger charge is -2.32. The molecule has 4 heterocycles. The molecular formula is C24H26N4OS. The summed E-state index contributed by atoms with van der Waals surface area (Å²) < 4.78 is 2.09. The highest BCUT2D eigenvalue weighted by atomic mass is 32.2. The number of nitrogens with zero attached hydrogens (tertiary/aromatic N) is 3. The monoisotopic (exact) mass is 418 g/mol. The van der Waals surface area contributed by atoms with E-state index >= 15 is 0 Å². The van der Waals surface area contributed by atoms with Crippen molar-refractivity contribution in [2.24, 2.45) is 5.92 Å². The first-order valence-corrected chi connectivity index (χ1v) is 11.5. The topological polar surface area (TPSA) is 49.6 Å². The molecule has 1 N–H and O–H groups in total. The Balaban J connectivity index is 1.10. The van der Waals surface area contributed by atoms with Crippen molar-refractivity contribution in [1.82, 2.24) is 19.6 Å². The lowest BCUT2D eigenvalue weighted by atomic mass is 9.96. The lowest BCUT2D eigenvalue weighted by Crippen LogP contribution is -2.39. The summed E-state index contributed by atoms with van der Waals surface area (Å²) in [6.45, 7) is 4.11. The van der Waals surface area contributed by atoms with Gasteiger partial charge in [-0.05, 0) is 62.0 Å². The maximum Gasteiger partial charge on any atom is 0.258 e. The number of pyridine rings is 1. The fraction of sp³-hybridized carbons (Fsp3) is 0.333. The highest BCUT2D eigenvalue weighted by Crippen LogP contribution is 2.34. The van der Waals surface area contributed by atoms with E-state index in [-0.39, 0.29) is 5.91 Å². The second-order valence-electron chi connectivity index (χ2n) is 8.08. The second-order valence-corrected chi connectivity index (χ2v) is 9.14. The van der Waals surface area contributed by atoms with E-state index in [1.165, 1.54) is 17.3 Å². The average Bonchev–Trinajstić information content (AvgIpc) is 3.22. The molecule has 5 nitrogen and oxygen atoms in total. The van der Waals surface area contributed by atoms with E-state index < -0.39 is 0 Å². The van der Waals surface area contributed by atoms with E-state index in [0.717, 1.165) is 66.7 Å². The molecule has 2 aliphatic heterocycles. The van der Waals surface area contributed by atoms with Crippen molar-refractivity contribution in [1.29, 1.82) is 0 Å². The van der Waals surface area contributed by atoms with Gasteiger partial charge in [-0.25, -0.2) is 4.98 Å². The number of likely N-dealkylation sites (tertiary alicyclic amines) is 1. The minimum atomic E-state index is 0.0240. The average molecular weight is 419 g/mol. The molecule has 0 bridgehead atoms. The predicted molar refractivity (Wildman–Crippen MR) is 121 cm³/mol. The number of amides is 1. The van der Waals surface area contributed by atoms with E-state index in [4.69, 9.17) is 0 Å². The van der Waals surface area contributed by atoms with E-state index in [1.807, 2.05) is 30.5 Å². The van der Waals surface area contributed by atoms with Crippen LogP contribution < -0.4 is 5.32 Å². The predicted octanol–water partition coefficient (Wildman–Crippen LogP) is 3.85. The summed E-state index contributed by atoms with van der Waals surface area (Å²) in [5, 5.41) is 4.21. The van der Waals surface area contributed by atoms with Crippen molar-refractivity contribution in [2.75, 3.05) is 26.2 Å². The molecule has 1 amide bonds. The summed E-state index contributed by atoms with van der Waals surface area (Å²) in [4.78, 5) is 20.5. The molecule has 0 radical (unpaired) electrons. The van der Waals surface area contributed by atoms with Gasteiger partial charge >= 0.3 is 0 Å². The van der Waals surface area contributed by atoms with Gasteiger partial charge in [0, 0.05) is 13.1 Å². The largest absolute Gasteiger partial charge is 0.351 e. The first kappa shape index (κ1) is 19.4. The summed E-state index contributed by atoms with van der Waals surface area (Å²) in [5.74, 6) is 0.584. The van der Waals surface area contributed by atoms with Crippen LogP contribution in [0.3, 0.4) is 0 Å². The summed E-state index contributed by atoms with van der Waals surface area (Å²) in [6, 6.07) is 16.7. The Labute approximate surface area is 181 Å². The number of imidazole rings is 1. The van der Waals surface area contributed by atoms with Gasteiger partial charge in [-0.2, -0.15) is 0 Å². The molecule has 1 fully saturated rings. The van der Waals surface area contributed by atoms with Crippen LogP contribution in [0.2, 0.25) is 0 Å². The number of hydrogen-bond donors (Lipinski definition) is 1. The highest BCUT2D eigenvalue weighted by Gasteiger charge is 2.23. The third-order valence-electron chi connectivity index (χ3n) is 6.06. The molecule has 0 spiro atoms. The molecular weight excluding hydrogens is 392 g/mol. The molecule has 3 aromatic rings. The Morgan fingerprint density at radius 3 is 2.77 bits per heavy atom. The fourth-order valence-corrected chi connectivity index (χ4v) is 5.28. The first-order valence-electron chi connectivity index (χ1n) is 10.7. The molecule has 5 rings (SSSR count). The molecule has 154 valence electrons. The Kier molecular flexibility index (Phi) is 5.60. The van der Waals surface area contributed by atoms with Crippen LogP contribution in [0.5, 0.6) is 0 Å². The zero-order valence-corrected chi connectivity index (χ0v) is 17.8. The summed E-state index contributed by atoms with van der Waals surface area (Å²) in [5.41, 5.74) is 3.29. The first-order chi connectivity index (χ1) is 14.8. The number of aromatic nitrogens is 2. The summed E-state index contributed by atoms with van der Waals surface area (Å²) in [7, 11) is 0. The molecule has 2 aromatic heterocycles. The van der Waals surface area contributed by atoms with Gasteiger partial charge < -0.3 is 10.2 Å². The van der Waals surface area contributed by atoms with Crippen LogP contribution in [0.25, 0.3) is 11.7 Å². The maximum absolute atomic E-state index is 12.8. The van der Waals surface area contributed by atoms with Crippen molar-refractivity contribution < 1.29 is 4.79 Å². The molecule has 0 aliphatic carbocycles. The smallest absolute Gasteiger partial charge is 0.258 e. The van der Waals surface area contributed by atoms with Gasteiger partial charge in [0.15, 0.2) is 0 Å². The number of benzene rings is 1. The third kappa shape index (κ3) is 4.16. The number of carbonyl (C=O) groups excluding carboxylic acids is 1. The Bertz CT molecular complexity index is 1070. The summed E-state index contributed by atoms with van der Waals surface area (Å²) in [6.07, 6.45) is 7.17. The Morgan fingerprint density at radius 2 is 1.93 bits per heavy atom. The SMILES string of the molecule is O=C(NCC1CCN(CCc2ccccc2)CC1)C1=Cc2cnc3cccc(n23)S1. The summed E-state index contributed by atoms with van der Waals surface area (Å²) >= 11 is 1.52. The van der Waals surface area contributed by atoms with Crippen LogP contribution in [0.15, 0.2) is 64.7 Å². The molecule has 0 atom stereocenters. The standard InChI is InChI=1S/C24H26N4OS/c29-24(21-15-20-17-25-22-7-4-8-23(30-21)28(20)22)26-16-19-10-13-27(14-11-19)12-9-18-5-2-1-3-6-18/h1-8,15,17,19H,9-14,16H2,(H,26,29). The van der Waals surface area contributed by atoms with Crippen LogP contribution in [0.1, 0.15) is 24.1 Å². The van der Waals surface area contributed by atoms with Gasteiger partial charge in [-0.1, -0.05) is 48.2 Å². The normalized spacial score (nSPS) is 17.1. The molecule has 2 aliphatic rings. The fourth-order valence-electron chi connectivity index (χ4n) is 4.27.